The molecule has 0 aliphatic carbocycles. The number of benzene rings is 1. The van der Waals surface area contributed by atoms with E-state index in [9.17, 15) is 9.59 Å². The maximum Gasteiger partial charge on any atom is 0.236 e. The summed E-state index contributed by atoms with van der Waals surface area (Å²) in [6.07, 6.45) is 3.99. The molecule has 2 saturated heterocycles. The van der Waals surface area contributed by atoms with Crippen molar-refractivity contribution in [2.45, 2.75) is 32.2 Å². The van der Waals surface area contributed by atoms with Gasteiger partial charge in [0.1, 0.15) is 5.75 Å². The summed E-state index contributed by atoms with van der Waals surface area (Å²) in [5.74, 6) is 1.37. The first-order chi connectivity index (χ1) is 13.1. The lowest BCUT2D eigenvalue weighted by atomic mass is 9.95. The van der Waals surface area contributed by atoms with Crippen molar-refractivity contribution in [1.29, 1.82) is 0 Å². The van der Waals surface area contributed by atoms with E-state index in [0.29, 0.717) is 19.0 Å². The highest BCUT2D eigenvalue weighted by molar-refractivity contribution is 5.80. The monoisotopic (exact) mass is 373 g/mol. The number of nitrogens with zero attached hydrogens (tertiary/aromatic N) is 3. The summed E-state index contributed by atoms with van der Waals surface area (Å²) in [5.41, 5.74) is 1.01. The van der Waals surface area contributed by atoms with E-state index < -0.39 is 0 Å². The van der Waals surface area contributed by atoms with Gasteiger partial charge in [-0.05, 0) is 44.8 Å². The van der Waals surface area contributed by atoms with Crippen LogP contribution in [0.25, 0.3) is 0 Å². The Bertz CT molecular complexity index is 650. The van der Waals surface area contributed by atoms with Gasteiger partial charge >= 0.3 is 0 Å². The second-order valence-corrected chi connectivity index (χ2v) is 7.64. The molecule has 2 aliphatic rings. The van der Waals surface area contributed by atoms with E-state index in [2.05, 4.69) is 4.90 Å². The van der Waals surface area contributed by atoms with Crippen molar-refractivity contribution in [3.05, 3.63) is 29.8 Å². The van der Waals surface area contributed by atoms with E-state index in [1.54, 1.807) is 12.0 Å². The molecule has 2 heterocycles. The molecule has 1 aromatic rings. The zero-order chi connectivity index (χ0) is 19.2. The van der Waals surface area contributed by atoms with Crippen LogP contribution in [0.2, 0.25) is 0 Å². The predicted molar refractivity (Wildman–Crippen MR) is 104 cm³/mol. The molecule has 1 aromatic carbocycles. The Hall–Kier alpha value is -2.08. The van der Waals surface area contributed by atoms with Gasteiger partial charge in [-0.1, -0.05) is 18.2 Å². The molecule has 2 aliphatic heterocycles. The Kier molecular flexibility index (Phi) is 6.72. The molecule has 3 rings (SSSR count). The third-order valence-corrected chi connectivity index (χ3v) is 5.74. The molecule has 0 N–H and O–H groups in total. The lowest BCUT2D eigenvalue weighted by Gasteiger charge is -2.33. The Morgan fingerprint density at radius 2 is 1.78 bits per heavy atom. The molecule has 148 valence electrons. The molecule has 0 atom stereocenters. The Labute approximate surface area is 162 Å². The van der Waals surface area contributed by atoms with Crippen LogP contribution in [0.4, 0.5) is 0 Å². The summed E-state index contributed by atoms with van der Waals surface area (Å²) in [5, 5.41) is 0. The Morgan fingerprint density at radius 1 is 1.11 bits per heavy atom. The van der Waals surface area contributed by atoms with Crippen molar-refractivity contribution < 1.29 is 14.3 Å². The highest BCUT2D eigenvalue weighted by Gasteiger charge is 2.30. The third-order valence-electron chi connectivity index (χ3n) is 5.74. The van der Waals surface area contributed by atoms with Gasteiger partial charge in [-0.3, -0.25) is 14.5 Å². The maximum absolute atomic E-state index is 12.6. The van der Waals surface area contributed by atoms with Crippen molar-refractivity contribution >= 4 is 11.8 Å². The summed E-state index contributed by atoms with van der Waals surface area (Å²) in [6.45, 7) is 4.43. The lowest BCUT2D eigenvalue weighted by molar-refractivity contribution is -0.136. The zero-order valence-electron chi connectivity index (χ0n) is 16.5. The molecular weight excluding hydrogens is 342 g/mol. The average molecular weight is 373 g/mol. The van der Waals surface area contributed by atoms with Gasteiger partial charge < -0.3 is 14.5 Å². The minimum atomic E-state index is 0.102. The Balaban J connectivity index is 1.45. The average Bonchev–Trinajstić information content (AvgIpc) is 3.23. The van der Waals surface area contributed by atoms with Gasteiger partial charge in [0.2, 0.25) is 11.8 Å². The van der Waals surface area contributed by atoms with Crippen LogP contribution in [0.5, 0.6) is 5.75 Å². The molecule has 6 nitrogen and oxygen atoms in total. The van der Waals surface area contributed by atoms with Gasteiger partial charge in [0, 0.05) is 38.2 Å². The minimum Gasteiger partial charge on any atom is -0.496 e. The number of likely N-dealkylation sites (N-methyl/N-ethyl adjacent to an activating group) is 1. The van der Waals surface area contributed by atoms with Crippen LogP contribution >= 0.6 is 0 Å². The summed E-state index contributed by atoms with van der Waals surface area (Å²) in [4.78, 5) is 31.1. The van der Waals surface area contributed by atoms with Gasteiger partial charge in [0.15, 0.2) is 0 Å². The van der Waals surface area contributed by atoms with Crippen molar-refractivity contribution in [3.63, 3.8) is 0 Å². The number of hydrogen-bond acceptors (Lipinski definition) is 4. The van der Waals surface area contributed by atoms with Crippen LogP contribution in [0.1, 0.15) is 31.2 Å². The molecule has 0 saturated carbocycles. The van der Waals surface area contributed by atoms with E-state index in [1.807, 2.05) is 36.2 Å². The quantitative estimate of drug-likeness (QED) is 0.765. The second kappa shape index (κ2) is 9.22. The van der Waals surface area contributed by atoms with Gasteiger partial charge in [0.25, 0.3) is 0 Å². The minimum absolute atomic E-state index is 0.102. The number of methoxy groups -OCH3 is 1. The number of rotatable bonds is 6. The van der Waals surface area contributed by atoms with Gasteiger partial charge in [-0.25, -0.2) is 0 Å². The number of para-hydroxylation sites is 1. The summed E-state index contributed by atoms with van der Waals surface area (Å²) in [7, 11) is 3.48. The van der Waals surface area contributed by atoms with E-state index in [1.165, 1.54) is 0 Å². The second-order valence-electron chi connectivity index (χ2n) is 7.64. The fourth-order valence-electron chi connectivity index (χ4n) is 4.02. The van der Waals surface area contributed by atoms with Crippen molar-refractivity contribution in [3.8, 4) is 5.75 Å². The SMILES string of the molecule is COc1ccccc1CN(C)C(=O)CN1CCC(C(=O)N2CCCC2)CC1. The summed E-state index contributed by atoms with van der Waals surface area (Å²) >= 11 is 0. The van der Waals surface area contributed by atoms with Crippen LogP contribution in [0.15, 0.2) is 24.3 Å². The molecule has 0 bridgehead atoms. The zero-order valence-corrected chi connectivity index (χ0v) is 16.5. The number of piperidine rings is 1. The van der Waals surface area contributed by atoms with Crippen molar-refractivity contribution in [2.24, 2.45) is 5.92 Å². The first-order valence-corrected chi connectivity index (χ1v) is 9.95. The molecule has 0 aromatic heterocycles. The largest absolute Gasteiger partial charge is 0.496 e. The molecule has 0 radical (unpaired) electrons. The van der Waals surface area contributed by atoms with Gasteiger partial charge in [-0.2, -0.15) is 0 Å². The van der Waals surface area contributed by atoms with Crippen molar-refractivity contribution in [1.82, 2.24) is 14.7 Å². The fraction of sp³-hybridized carbons (Fsp3) is 0.619. The normalized spacial score (nSPS) is 18.5. The molecule has 2 fully saturated rings. The molecule has 6 heteroatoms. The molecule has 0 spiro atoms. The molecule has 0 unspecified atom stereocenters. The number of carbonyl (C=O) groups is 2. The Morgan fingerprint density at radius 3 is 2.44 bits per heavy atom. The smallest absolute Gasteiger partial charge is 0.236 e. The third kappa shape index (κ3) is 5.01. The standard InChI is InChI=1S/C21H31N3O3/c1-22(15-18-7-3-4-8-19(18)27-2)20(25)16-23-13-9-17(10-14-23)21(26)24-11-5-6-12-24/h3-4,7-8,17H,5-6,9-16H2,1-2H3. The van der Waals surface area contributed by atoms with Crippen LogP contribution in [0.3, 0.4) is 0 Å². The van der Waals surface area contributed by atoms with Gasteiger partial charge in [-0.15, -0.1) is 0 Å². The number of ether oxygens (including phenoxy) is 1. The van der Waals surface area contributed by atoms with E-state index in [4.69, 9.17) is 4.74 Å². The first-order valence-electron chi connectivity index (χ1n) is 9.95. The fourth-order valence-corrected chi connectivity index (χ4v) is 4.02. The number of likely N-dealkylation sites (tertiary alicyclic amines) is 2. The van der Waals surface area contributed by atoms with Crippen LogP contribution in [0, 0.1) is 5.92 Å². The highest BCUT2D eigenvalue weighted by Crippen LogP contribution is 2.22. The van der Waals surface area contributed by atoms with Crippen molar-refractivity contribution in [2.75, 3.05) is 46.9 Å². The topological polar surface area (TPSA) is 53.1 Å². The number of hydrogen-bond donors (Lipinski definition) is 0. The number of carbonyl (C=O) groups excluding carboxylic acids is 2. The van der Waals surface area contributed by atoms with Gasteiger partial charge in [0.05, 0.1) is 13.7 Å². The summed E-state index contributed by atoms with van der Waals surface area (Å²) in [6, 6.07) is 7.78. The molecule has 2 amide bonds. The molecule has 27 heavy (non-hydrogen) atoms. The predicted octanol–water partition coefficient (Wildman–Crippen LogP) is 1.99. The van der Waals surface area contributed by atoms with E-state index in [-0.39, 0.29) is 11.8 Å². The lowest BCUT2D eigenvalue weighted by Crippen LogP contribution is -2.45. The molecular formula is C21H31N3O3. The van der Waals surface area contributed by atoms with Crippen LogP contribution < -0.4 is 4.74 Å². The maximum atomic E-state index is 12.6. The highest BCUT2D eigenvalue weighted by atomic mass is 16.5. The summed E-state index contributed by atoms with van der Waals surface area (Å²) < 4.78 is 5.37. The van der Waals surface area contributed by atoms with E-state index in [0.717, 1.165) is 63.2 Å². The number of amides is 2. The van der Waals surface area contributed by atoms with Crippen LogP contribution in [-0.4, -0.2) is 73.4 Å². The first kappa shape index (κ1) is 19.7. The van der Waals surface area contributed by atoms with Crippen LogP contribution in [-0.2, 0) is 16.1 Å². The van der Waals surface area contributed by atoms with E-state index >= 15 is 0 Å².